The normalized spacial score (nSPS) is 14.0. The molecule has 2 aromatic carbocycles. The first kappa shape index (κ1) is 21.7. The molecule has 164 valence electrons. The van der Waals surface area contributed by atoms with Crippen molar-refractivity contribution in [3.8, 4) is 0 Å². The minimum atomic E-state index is -0.273. The van der Waals surface area contributed by atoms with Crippen molar-refractivity contribution in [1.82, 2.24) is 9.88 Å². The number of thiazole rings is 1. The number of anilines is 2. The first-order chi connectivity index (χ1) is 15.6. The molecule has 0 saturated carbocycles. The van der Waals surface area contributed by atoms with E-state index in [2.05, 4.69) is 10.3 Å². The maximum absolute atomic E-state index is 14.0. The number of hydrogen-bond donors (Lipinski definition) is 1. The second-order valence-electron chi connectivity index (χ2n) is 7.37. The maximum atomic E-state index is 14.0. The van der Waals surface area contributed by atoms with E-state index in [9.17, 15) is 14.0 Å². The SMILES string of the molecule is O=C(/C=C/c1ccccc1)Nc1nc(CC(=O)N2CCN(c3ccccc3F)CC2)cs1. The average molecular weight is 451 g/mol. The van der Waals surface area contributed by atoms with Crippen molar-refractivity contribution < 1.29 is 14.0 Å². The third-order valence-corrected chi connectivity index (χ3v) is 5.97. The highest BCUT2D eigenvalue weighted by atomic mass is 32.1. The Labute approximate surface area is 190 Å². The number of rotatable bonds is 6. The number of para-hydroxylation sites is 1. The molecule has 6 nitrogen and oxygen atoms in total. The van der Waals surface area contributed by atoms with Gasteiger partial charge in [-0.25, -0.2) is 9.37 Å². The molecule has 3 aromatic rings. The lowest BCUT2D eigenvalue weighted by molar-refractivity contribution is -0.130. The van der Waals surface area contributed by atoms with Crippen LogP contribution in [0.15, 0.2) is 66.1 Å². The minimum absolute atomic E-state index is 0.0228. The molecule has 0 atom stereocenters. The van der Waals surface area contributed by atoms with Crippen LogP contribution < -0.4 is 10.2 Å². The molecule has 0 radical (unpaired) electrons. The van der Waals surface area contributed by atoms with Gasteiger partial charge >= 0.3 is 0 Å². The van der Waals surface area contributed by atoms with Gasteiger partial charge in [0.2, 0.25) is 11.8 Å². The molecule has 1 saturated heterocycles. The van der Waals surface area contributed by atoms with Crippen LogP contribution in [-0.4, -0.2) is 47.9 Å². The standard InChI is InChI=1S/C24H23FN4O2S/c25-20-8-4-5-9-21(20)28-12-14-29(15-13-28)23(31)16-19-17-32-24(26-19)27-22(30)11-10-18-6-2-1-3-7-18/h1-11,17H,12-16H2,(H,26,27,30)/b11-10+. The Morgan fingerprint density at radius 3 is 2.50 bits per heavy atom. The molecule has 1 fully saturated rings. The van der Waals surface area contributed by atoms with Gasteiger partial charge in [0.05, 0.1) is 17.8 Å². The molecule has 1 aromatic heterocycles. The molecule has 2 amide bonds. The molecule has 32 heavy (non-hydrogen) atoms. The Balaban J connectivity index is 1.26. The van der Waals surface area contributed by atoms with E-state index in [1.54, 1.807) is 28.5 Å². The lowest BCUT2D eigenvalue weighted by Gasteiger charge is -2.36. The summed E-state index contributed by atoms with van der Waals surface area (Å²) < 4.78 is 14.0. The van der Waals surface area contributed by atoms with Crippen LogP contribution >= 0.6 is 11.3 Å². The minimum Gasteiger partial charge on any atom is -0.366 e. The molecule has 0 spiro atoms. The van der Waals surface area contributed by atoms with Crippen molar-refractivity contribution in [3.05, 3.63) is 83.1 Å². The number of nitrogens with zero attached hydrogens (tertiary/aromatic N) is 3. The molecule has 2 heterocycles. The average Bonchev–Trinajstić information content (AvgIpc) is 3.25. The van der Waals surface area contributed by atoms with E-state index in [1.165, 1.54) is 23.5 Å². The number of piperazine rings is 1. The second kappa shape index (κ2) is 10.2. The van der Waals surface area contributed by atoms with Crippen molar-refractivity contribution in [1.29, 1.82) is 0 Å². The zero-order valence-electron chi connectivity index (χ0n) is 17.4. The fourth-order valence-electron chi connectivity index (χ4n) is 3.50. The molecule has 0 bridgehead atoms. The molecule has 4 rings (SSSR count). The van der Waals surface area contributed by atoms with Gasteiger partial charge in [0, 0.05) is 37.6 Å². The summed E-state index contributed by atoms with van der Waals surface area (Å²) in [6.07, 6.45) is 3.36. The molecule has 8 heteroatoms. The fraction of sp³-hybridized carbons (Fsp3) is 0.208. The molecule has 0 aliphatic carbocycles. The summed E-state index contributed by atoms with van der Waals surface area (Å²) in [4.78, 5) is 32.9. The quantitative estimate of drug-likeness (QED) is 0.580. The molecule has 0 unspecified atom stereocenters. The number of aromatic nitrogens is 1. The van der Waals surface area contributed by atoms with E-state index in [0.717, 1.165) is 5.56 Å². The molecular formula is C24H23FN4O2S. The van der Waals surface area contributed by atoms with E-state index < -0.39 is 0 Å². The van der Waals surface area contributed by atoms with Gasteiger partial charge in [-0.3, -0.25) is 14.9 Å². The summed E-state index contributed by atoms with van der Waals surface area (Å²) in [5.41, 5.74) is 2.13. The topological polar surface area (TPSA) is 65.5 Å². The van der Waals surface area contributed by atoms with E-state index in [-0.39, 0.29) is 24.1 Å². The Bertz CT molecular complexity index is 1110. The van der Waals surface area contributed by atoms with Crippen molar-refractivity contribution in [2.75, 3.05) is 36.4 Å². The summed E-state index contributed by atoms with van der Waals surface area (Å²) in [5.74, 6) is -0.543. The zero-order chi connectivity index (χ0) is 22.3. The van der Waals surface area contributed by atoms with Crippen molar-refractivity contribution in [2.24, 2.45) is 0 Å². The van der Waals surface area contributed by atoms with Gasteiger partial charge in [0.25, 0.3) is 0 Å². The van der Waals surface area contributed by atoms with Gasteiger partial charge in [0.15, 0.2) is 5.13 Å². The summed E-state index contributed by atoms with van der Waals surface area (Å²) in [6, 6.07) is 16.2. The predicted molar refractivity (Wildman–Crippen MR) is 125 cm³/mol. The van der Waals surface area contributed by atoms with Crippen LogP contribution in [0.4, 0.5) is 15.2 Å². The number of carbonyl (C=O) groups is 2. The lowest BCUT2D eigenvalue weighted by Crippen LogP contribution is -2.49. The molecule has 1 aliphatic heterocycles. The van der Waals surface area contributed by atoms with Crippen LogP contribution in [-0.2, 0) is 16.0 Å². The van der Waals surface area contributed by atoms with Gasteiger partial charge in [-0.1, -0.05) is 42.5 Å². The van der Waals surface area contributed by atoms with Crippen molar-refractivity contribution >= 4 is 40.0 Å². The second-order valence-corrected chi connectivity index (χ2v) is 8.23. The lowest BCUT2D eigenvalue weighted by atomic mass is 10.2. The van der Waals surface area contributed by atoms with Crippen LogP contribution in [0, 0.1) is 5.82 Å². The van der Waals surface area contributed by atoms with Crippen LogP contribution in [0.25, 0.3) is 6.08 Å². The highest BCUT2D eigenvalue weighted by Crippen LogP contribution is 2.21. The molecule has 1 aliphatic rings. The summed E-state index contributed by atoms with van der Waals surface area (Å²) in [5, 5.41) is 4.97. The molecular weight excluding hydrogens is 427 g/mol. The Hall–Kier alpha value is -3.52. The molecule has 1 N–H and O–H groups in total. The van der Waals surface area contributed by atoms with Gasteiger partial charge in [-0.05, 0) is 23.8 Å². The number of nitrogens with one attached hydrogen (secondary N) is 1. The largest absolute Gasteiger partial charge is 0.366 e. The summed E-state index contributed by atoms with van der Waals surface area (Å²) >= 11 is 1.29. The van der Waals surface area contributed by atoms with Gasteiger partial charge in [-0.15, -0.1) is 11.3 Å². The van der Waals surface area contributed by atoms with Crippen LogP contribution in [0.1, 0.15) is 11.3 Å². The van der Waals surface area contributed by atoms with E-state index >= 15 is 0 Å². The van der Waals surface area contributed by atoms with Crippen LogP contribution in [0.2, 0.25) is 0 Å². The Kier molecular flexibility index (Phi) is 6.91. The highest BCUT2D eigenvalue weighted by Gasteiger charge is 2.23. The smallest absolute Gasteiger partial charge is 0.250 e. The number of amides is 2. The highest BCUT2D eigenvalue weighted by molar-refractivity contribution is 7.14. The first-order valence-corrected chi connectivity index (χ1v) is 11.2. The van der Waals surface area contributed by atoms with Crippen LogP contribution in [0.5, 0.6) is 0 Å². The van der Waals surface area contributed by atoms with E-state index in [1.807, 2.05) is 41.3 Å². The number of carbonyl (C=O) groups excluding carboxylic acids is 2. The fourth-order valence-corrected chi connectivity index (χ4v) is 4.21. The third-order valence-electron chi connectivity index (χ3n) is 5.17. The number of halogens is 1. The summed E-state index contributed by atoms with van der Waals surface area (Å²) in [7, 11) is 0. The predicted octanol–water partition coefficient (Wildman–Crippen LogP) is 3.83. The monoisotopic (exact) mass is 450 g/mol. The van der Waals surface area contributed by atoms with Gasteiger partial charge < -0.3 is 9.80 Å². The Morgan fingerprint density at radius 1 is 1.03 bits per heavy atom. The van der Waals surface area contributed by atoms with Gasteiger partial charge in [-0.2, -0.15) is 0 Å². The zero-order valence-corrected chi connectivity index (χ0v) is 18.2. The van der Waals surface area contributed by atoms with Crippen molar-refractivity contribution in [3.63, 3.8) is 0 Å². The van der Waals surface area contributed by atoms with Crippen molar-refractivity contribution in [2.45, 2.75) is 6.42 Å². The van der Waals surface area contributed by atoms with Crippen LogP contribution in [0.3, 0.4) is 0 Å². The van der Waals surface area contributed by atoms with E-state index in [0.29, 0.717) is 42.7 Å². The Morgan fingerprint density at radius 2 is 1.75 bits per heavy atom. The number of hydrogen-bond acceptors (Lipinski definition) is 5. The first-order valence-electron chi connectivity index (χ1n) is 10.3. The maximum Gasteiger partial charge on any atom is 0.250 e. The number of benzene rings is 2. The summed E-state index contributed by atoms with van der Waals surface area (Å²) in [6.45, 7) is 2.23. The van der Waals surface area contributed by atoms with Gasteiger partial charge in [0.1, 0.15) is 5.82 Å². The third kappa shape index (κ3) is 5.59. The van der Waals surface area contributed by atoms with E-state index in [4.69, 9.17) is 0 Å².